The number of hydrogen-bond acceptors (Lipinski definition) is 0. The first-order chi connectivity index (χ1) is 23.6. The van der Waals surface area contributed by atoms with Crippen molar-refractivity contribution in [3.63, 3.8) is 0 Å². The topological polar surface area (TPSA) is 4.93 Å². The smallest absolute Gasteiger partial charge is 0.0547 e. The van der Waals surface area contributed by atoms with E-state index in [4.69, 9.17) is 0 Å². The van der Waals surface area contributed by atoms with Gasteiger partial charge in [0, 0.05) is 21.9 Å². The van der Waals surface area contributed by atoms with E-state index in [1.165, 1.54) is 105 Å². The predicted molar refractivity (Wildman–Crippen MR) is 203 cm³/mol. The van der Waals surface area contributed by atoms with Gasteiger partial charge in [-0.25, -0.2) is 0 Å². The largest absolute Gasteiger partial charge is 0.309 e. The van der Waals surface area contributed by atoms with Gasteiger partial charge < -0.3 is 4.57 Å². The minimum Gasteiger partial charge on any atom is -0.309 e. The molecule has 9 aromatic rings. The maximum atomic E-state index is 2.49. The van der Waals surface area contributed by atoms with Crippen molar-refractivity contribution in [2.75, 3.05) is 0 Å². The summed E-state index contributed by atoms with van der Waals surface area (Å²) >= 11 is 0. The second kappa shape index (κ2) is 9.12. The first-order valence-corrected chi connectivity index (χ1v) is 16.9. The van der Waals surface area contributed by atoms with Gasteiger partial charge in [0.25, 0.3) is 0 Å². The Bertz CT molecular complexity index is 2820. The van der Waals surface area contributed by atoms with Crippen LogP contribution >= 0.6 is 0 Å². The van der Waals surface area contributed by atoms with Crippen LogP contribution in [-0.2, 0) is 5.41 Å². The molecule has 0 N–H and O–H groups in total. The first-order valence-electron chi connectivity index (χ1n) is 16.9. The maximum absolute atomic E-state index is 2.49. The minimum absolute atomic E-state index is 0.0667. The Hall–Kier alpha value is -5.92. The zero-order valence-electron chi connectivity index (χ0n) is 26.9. The number of aromatic nitrogens is 1. The molecule has 0 saturated carbocycles. The molecule has 0 saturated heterocycles. The number of rotatable bonds is 2. The quantitative estimate of drug-likeness (QED) is 0.184. The van der Waals surface area contributed by atoms with E-state index < -0.39 is 0 Å². The highest BCUT2D eigenvalue weighted by Crippen LogP contribution is 2.52. The van der Waals surface area contributed by atoms with Crippen LogP contribution in [0.25, 0.3) is 93.5 Å². The minimum atomic E-state index is -0.0667. The number of benzene rings is 8. The van der Waals surface area contributed by atoms with Crippen molar-refractivity contribution in [3.05, 3.63) is 163 Å². The second-order valence-electron chi connectivity index (χ2n) is 14.1. The van der Waals surface area contributed by atoms with Gasteiger partial charge in [-0.1, -0.05) is 135 Å². The first kappa shape index (κ1) is 26.2. The van der Waals surface area contributed by atoms with E-state index in [1.54, 1.807) is 0 Å². The third kappa shape index (κ3) is 3.26. The summed E-state index contributed by atoms with van der Waals surface area (Å²) in [5, 5.41) is 7.89. The van der Waals surface area contributed by atoms with Gasteiger partial charge in [0.05, 0.1) is 11.0 Å². The summed E-state index contributed by atoms with van der Waals surface area (Å²) in [5.74, 6) is 0. The molecule has 1 heterocycles. The van der Waals surface area contributed by atoms with Gasteiger partial charge in [0.1, 0.15) is 0 Å². The monoisotopic (exact) mass is 609 g/mol. The molecule has 1 aromatic heterocycles. The van der Waals surface area contributed by atoms with Crippen molar-refractivity contribution in [2.45, 2.75) is 19.3 Å². The molecule has 0 spiro atoms. The standard InChI is InChI=1S/C47H31N/c1-47(2)41-17-8-7-14-35(41)39-26-40-44(27-42(39)47)48(43-25-20-28-10-3-4-11-32(28)46(40)43)30-21-18-29(19-22-30)31-23-24-38-34-13-6-5-12-33(34)37-16-9-15-36(31)45(37)38/h3-27H,1-2H3. The van der Waals surface area contributed by atoms with Gasteiger partial charge in [-0.2, -0.15) is 0 Å². The summed E-state index contributed by atoms with van der Waals surface area (Å²) in [4.78, 5) is 0. The lowest BCUT2D eigenvalue weighted by Crippen LogP contribution is -2.14. The van der Waals surface area contributed by atoms with Crippen molar-refractivity contribution >= 4 is 43.4 Å². The summed E-state index contributed by atoms with van der Waals surface area (Å²) in [6, 6.07) is 56.8. The van der Waals surface area contributed by atoms with Crippen LogP contribution in [0.5, 0.6) is 0 Å². The maximum Gasteiger partial charge on any atom is 0.0547 e. The molecule has 224 valence electrons. The molecule has 0 aliphatic heterocycles. The van der Waals surface area contributed by atoms with Crippen LogP contribution in [0, 0.1) is 0 Å². The van der Waals surface area contributed by atoms with Gasteiger partial charge in [-0.05, 0) is 108 Å². The Morgan fingerprint density at radius 2 is 1.06 bits per heavy atom. The molecule has 0 atom stereocenters. The highest BCUT2D eigenvalue weighted by Gasteiger charge is 2.36. The third-order valence-corrected chi connectivity index (χ3v) is 11.3. The Morgan fingerprint density at radius 3 is 1.90 bits per heavy atom. The zero-order chi connectivity index (χ0) is 31.7. The van der Waals surface area contributed by atoms with Gasteiger partial charge in [0.15, 0.2) is 0 Å². The molecule has 11 rings (SSSR count). The van der Waals surface area contributed by atoms with Gasteiger partial charge in [0.2, 0.25) is 0 Å². The number of hydrogen-bond donors (Lipinski definition) is 0. The van der Waals surface area contributed by atoms with Gasteiger partial charge in [-0.15, -0.1) is 0 Å². The van der Waals surface area contributed by atoms with Crippen LogP contribution in [0.15, 0.2) is 152 Å². The Labute approximate surface area is 279 Å². The van der Waals surface area contributed by atoms with Crippen molar-refractivity contribution in [1.82, 2.24) is 4.57 Å². The SMILES string of the molecule is CC1(C)c2ccccc2-c2cc3c4c5ccccc5ccc4n(-c4ccc(-c5ccc6c7c(cccc57)-c5ccccc5-6)cc4)c3cc21. The van der Waals surface area contributed by atoms with E-state index in [1.807, 2.05) is 0 Å². The second-order valence-corrected chi connectivity index (χ2v) is 14.1. The lowest BCUT2D eigenvalue weighted by atomic mass is 9.82. The Balaban J connectivity index is 1.14. The fraction of sp³-hybridized carbons (Fsp3) is 0.0638. The molecule has 48 heavy (non-hydrogen) atoms. The lowest BCUT2D eigenvalue weighted by molar-refractivity contribution is 0.661. The molecular weight excluding hydrogens is 579 g/mol. The van der Waals surface area contributed by atoms with Crippen LogP contribution in [0.3, 0.4) is 0 Å². The summed E-state index contributed by atoms with van der Waals surface area (Å²) in [6.07, 6.45) is 0. The lowest BCUT2D eigenvalue weighted by Gasteiger charge is -2.21. The summed E-state index contributed by atoms with van der Waals surface area (Å²) in [7, 11) is 0. The summed E-state index contributed by atoms with van der Waals surface area (Å²) < 4.78 is 2.49. The van der Waals surface area contributed by atoms with Crippen LogP contribution in [0.2, 0.25) is 0 Å². The van der Waals surface area contributed by atoms with E-state index >= 15 is 0 Å². The Kier molecular flexibility index (Phi) is 4.97. The van der Waals surface area contributed by atoms with Crippen LogP contribution < -0.4 is 0 Å². The molecule has 0 unspecified atom stereocenters. The summed E-state index contributed by atoms with van der Waals surface area (Å²) in [6.45, 7) is 4.74. The fourth-order valence-electron chi connectivity index (χ4n) is 9.11. The molecule has 1 heteroatoms. The number of fused-ring (bicyclic) bond motifs is 11. The van der Waals surface area contributed by atoms with Gasteiger partial charge >= 0.3 is 0 Å². The van der Waals surface area contributed by atoms with E-state index in [-0.39, 0.29) is 5.41 Å². The molecule has 0 bridgehead atoms. The molecular formula is C47H31N. The average Bonchev–Trinajstić information content (AvgIpc) is 3.72. The predicted octanol–water partition coefficient (Wildman–Crippen LogP) is 12.7. The summed E-state index contributed by atoms with van der Waals surface area (Å²) in [5.41, 5.74) is 17.0. The van der Waals surface area contributed by atoms with E-state index in [2.05, 4.69) is 170 Å². The third-order valence-electron chi connectivity index (χ3n) is 11.3. The zero-order valence-corrected chi connectivity index (χ0v) is 26.9. The van der Waals surface area contributed by atoms with E-state index in [9.17, 15) is 0 Å². The van der Waals surface area contributed by atoms with E-state index in [0.29, 0.717) is 0 Å². The molecule has 2 aliphatic carbocycles. The molecule has 2 aliphatic rings. The van der Waals surface area contributed by atoms with E-state index in [0.717, 1.165) is 0 Å². The molecule has 1 nitrogen and oxygen atoms in total. The van der Waals surface area contributed by atoms with Crippen molar-refractivity contribution in [1.29, 1.82) is 0 Å². The van der Waals surface area contributed by atoms with Crippen molar-refractivity contribution in [3.8, 4) is 50.2 Å². The highest BCUT2D eigenvalue weighted by molar-refractivity contribution is 6.22. The van der Waals surface area contributed by atoms with Crippen LogP contribution in [0.1, 0.15) is 25.0 Å². The molecule has 0 amide bonds. The van der Waals surface area contributed by atoms with Crippen LogP contribution in [0.4, 0.5) is 0 Å². The van der Waals surface area contributed by atoms with Gasteiger partial charge in [-0.3, -0.25) is 0 Å². The number of nitrogens with zero attached hydrogens (tertiary/aromatic N) is 1. The van der Waals surface area contributed by atoms with Crippen molar-refractivity contribution in [2.24, 2.45) is 0 Å². The highest BCUT2D eigenvalue weighted by atomic mass is 15.0. The molecule has 0 fully saturated rings. The molecule has 0 radical (unpaired) electrons. The fourth-order valence-corrected chi connectivity index (χ4v) is 9.11. The normalized spacial score (nSPS) is 13.8. The molecule has 8 aromatic carbocycles. The average molecular weight is 610 g/mol. The van der Waals surface area contributed by atoms with Crippen molar-refractivity contribution < 1.29 is 0 Å². The Morgan fingerprint density at radius 1 is 0.396 bits per heavy atom. The van der Waals surface area contributed by atoms with Crippen LogP contribution in [-0.4, -0.2) is 4.57 Å².